The fraction of sp³-hybridized carbons (Fsp3) is 0.316. The van der Waals surface area contributed by atoms with Crippen LogP contribution >= 0.6 is 0 Å². The number of hydrogen-bond donors (Lipinski definition) is 2. The van der Waals surface area contributed by atoms with Crippen molar-refractivity contribution >= 4 is 5.91 Å². The third kappa shape index (κ3) is 4.55. The first kappa shape index (κ1) is 16.5. The molecule has 0 bridgehead atoms. The molecule has 1 aliphatic heterocycles. The molecule has 2 N–H and O–H groups in total. The zero-order valence-electron chi connectivity index (χ0n) is 13.4. The molecule has 1 fully saturated rings. The average molecular weight is 328 g/mol. The molecule has 1 amide bonds. The van der Waals surface area contributed by atoms with E-state index in [4.69, 9.17) is 4.74 Å². The number of ether oxygens (including phenoxy) is 1. The van der Waals surface area contributed by atoms with Crippen molar-refractivity contribution in [2.24, 2.45) is 5.92 Å². The Morgan fingerprint density at radius 3 is 2.75 bits per heavy atom. The van der Waals surface area contributed by atoms with Gasteiger partial charge in [0.05, 0.1) is 5.92 Å². The summed E-state index contributed by atoms with van der Waals surface area (Å²) in [7, 11) is 0. The van der Waals surface area contributed by atoms with E-state index in [-0.39, 0.29) is 17.6 Å². The van der Waals surface area contributed by atoms with Gasteiger partial charge in [-0.15, -0.1) is 0 Å². The second-order valence-electron chi connectivity index (χ2n) is 5.97. The van der Waals surface area contributed by atoms with Crippen LogP contribution in [0.25, 0.3) is 0 Å². The number of halogens is 1. The van der Waals surface area contributed by atoms with Gasteiger partial charge in [0, 0.05) is 13.1 Å². The molecule has 0 radical (unpaired) electrons. The van der Waals surface area contributed by atoms with Gasteiger partial charge < -0.3 is 15.4 Å². The van der Waals surface area contributed by atoms with Crippen molar-refractivity contribution in [2.75, 3.05) is 13.1 Å². The highest BCUT2D eigenvalue weighted by Gasteiger charge is 2.21. The Morgan fingerprint density at radius 2 is 2.04 bits per heavy atom. The predicted octanol–water partition coefficient (Wildman–Crippen LogP) is 2.63. The van der Waals surface area contributed by atoms with Crippen molar-refractivity contribution in [2.45, 2.75) is 19.6 Å². The SMILES string of the molecule is O=C(NCc1ccc(OCc2cccc(F)c2)cc1)C1CCNC1. The number of nitrogens with one attached hydrogen (secondary N) is 2. The summed E-state index contributed by atoms with van der Waals surface area (Å²) in [4.78, 5) is 12.0. The predicted molar refractivity (Wildman–Crippen MR) is 90.0 cm³/mol. The van der Waals surface area contributed by atoms with Crippen LogP contribution in [0.3, 0.4) is 0 Å². The van der Waals surface area contributed by atoms with Crippen LogP contribution in [0, 0.1) is 11.7 Å². The fourth-order valence-corrected chi connectivity index (χ4v) is 2.71. The summed E-state index contributed by atoms with van der Waals surface area (Å²) in [5.74, 6) is 0.638. The van der Waals surface area contributed by atoms with Crippen LogP contribution in [0.4, 0.5) is 4.39 Å². The lowest BCUT2D eigenvalue weighted by Crippen LogP contribution is -2.31. The van der Waals surface area contributed by atoms with E-state index < -0.39 is 0 Å². The lowest BCUT2D eigenvalue weighted by Gasteiger charge is -2.11. The van der Waals surface area contributed by atoms with Gasteiger partial charge in [-0.1, -0.05) is 24.3 Å². The minimum atomic E-state index is -0.264. The number of amides is 1. The zero-order valence-corrected chi connectivity index (χ0v) is 13.4. The highest BCUT2D eigenvalue weighted by molar-refractivity contribution is 5.79. The summed E-state index contributed by atoms with van der Waals surface area (Å²) < 4.78 is 18.8. The molecule has 0 spiro atoms. The Balaban J connectivity index is 1.47. The summed E-state index contributed by atoms with van der Waals surface area (Å²) in [5.41, 5.74) is 1.81. The molecule has 0 saturated carbocycles. The van der Waals surface area contributed by atoms with E-state index >= 15 is 0 Å². The van der Waals surface area contributed by atoms with Gasteiger partial charge in [0.1, 0.15) is 18.2 Å². The van der Waals surface area contributed by atoms with Gasteiger partial charge >= 0.3 is 0 Å². The van der Waals surface area contributed by atoms with Gasteiger partial charge in [-0.2, -0.15) is 0 Å². The first-order valence-corrected chi connectivity index (χ1v) is 8.15. The smallest absolute Gasteiger partial charge is 0.224 e. The number of hydrogen-bond acceptors (Lipinski definition) is 3. The van der Waals surface area contributed by atoms with E-state index in [1.807, 2.05) is 30.3 Å². The van der Waals surface area contributed by atoms with Crippen molar-refractivity contribution in [1.29, 1.82) is 0 Å². The molecule has 1 aliphatic rings. The van der Waals surface area contributed by atoms with E-state index in [0.717, 1.165) is 30.6 Å². The molecule has 24 heavy (non-hydrogen) atoms. The molecule has 1 heterocycles. The van der Waals surface area contributed by atoms with Crippen LogP contribution in [0.1, 0.15) is 17.5 Å². The van der Waals surface area contributed by atoms with Crippen LogP contribution in [0.15, 0.2) is 48.5 Å². The van der Waals surface area contributed by atoms with Gasteiger partial charge in [0.25, 0.3) is 0 Å². The Bertz CT molecular complexity index is 682. The quantitative estimate of drug-likeness (QED) is 0.857. The molecular weight excluding hydrogens is 307 g/mol. The molecule has 2 aromatic rings. The number of carbonyl (C=O) groups excluding carboxylic acids is 1. The maximum absolute atomic E-state index is 13.1. The van der Waals surface area contributed by atoms with Crippen LogP contribution in [0.5, 0.6) is 5.75 Å². The lowest BCUT2D eigenvalue weighted by molar-refractivity contribution is -0.124. The molecule has 2 aromatic carbocycles. The molecule has 1 atom stereocenters. The topological polar surface area (TPSA) is 50.4 Å². The van der Waals surface area contributed by atoms with Crippen molar-refractivity contribution in [3.8, 4) is 5.75 Å². The summed E-state index contributed by atoms with van der Waals surface area (Å²) in [6.45, 7) is 2.51. The highest BCUT2D eigenvalue weighted by atomic mass is 19.1. The molecule has 5 heteroatoms. The molecule has 126 valence electrons. The third-order valence-electron chi connectivity index (χ3n) is 4.12. The van der Waals surface area contributed by atoms with Gasteiger partial charge in [0.15, 0.2) is 0 Å². The first-order chi connectivity index (χ1) is 11.7. The van der Waals surface area contributed by atoms with E-state index in [2.05, 4.69) is 10.6 Å². The highest BCUT2D eigenvalue weighted by Crippen LogP contribution is 2.15. The molecule has 0 aromatic heterocycles. The minimum absolute atomic E-state index is 0.0823. The number of benzene rings is 2. The van der Waals surface area contributed by atoms with Crippen LogP contribution in [-0.4, -0.2) is 19.0 Å². The van der Waals surface area contributed by atoms with Crippen LogP contribution < -0.4 is 15.4 Å². The third-order valence-corrected chi connectivity index (χ3v) is 4.12. The van der Waals surface area contributed by atoms with Crippen molar-refractivity contribution in [1.82, 2.24) is 10.6 Å². The number of rotatable bonds is 6. The van der Waals surface area contributed by atoms with Crippen LogP contribution in [-0.2, 0) is 17.9 Å². The zero-order chi connectivity index (χ0) is 16.8. The Morgan fingerprint density at radius 1 is 1.21 bits per heavy atom. The van der Waals surface area contributed by atoms with E-state index in [0.29, 0.717) is 18.9 Å². The van der Waals surface area contributed by atoms with Crippen molar-refractivity contribution < 1.29 is 13.9 Å². The minimum Gasteiger partial charge on any atom is -0.489 e. The van der Waals surface area contributed by atoms with Gasteiger partial charge in [-0.3, -0.25) is 4.79 Å². The summed E-state index contributed by atoms with van der Waals surface area (Å²) in [6, 6.07) is 13.9. The van der Waals surface area contributed by atoms with Crippen molar-refractivity contribution in [3.05, 3.63) is 65.5 Å². The van der Waals surface area contributed by atoms with E-state index in [1.165, 1.54) is 12.1 Å². The molecule has 4 nitrogen and oxygen atoms in total. The largest absolute Gasteiger partial charge is 0.489 e. The lowest BCUT2D eigenvalue weighted by atomic mass is 10.1. The van der Waals surface area contributed by atoms with Gasteiger partial charge in [-0.25, -0.2) is 4.39 Å². The summed E-state index contributed by atoms with van der Waals surface area (Å²) in [6.07, 6.45) is 0.901. The van der Waals surface area contributed by atoms with E-state index in [9.17, 15) is 9.18 Å². The normalized spacial score (nSPS) is 16.8. The van der Waals surface area contributed by atoms with Crippen LogP contribution in [0.2, 0.25) is 0 Å². The summed E-state index contributed by atoms with van der Waals surface area (Å²) in [5, 5.41) is 6.15. The molecule has 1 saturated heterocycles. The maximum Gasteiger partial charge on any atom is 0.224 e. The second-order valence-corrected chi connectivity index (χ2v) is 5.97. The van der Waals surface area contributed by atoms with E-state index in [1.54, 1.807) is 6.07 Å². The number of carbonyl (C=O) groups is 1. The molecule has 3 rings (SSSR count). The molecular formula is C19H21FN2O2. The van der Waals surface area contributed by atoms with Crippen molar-refractivity contribution in [3.63, 3.8) is 0 Å². The Labute approximate surface area is 141 Å². The maximum atomic E-state index is 13.1. The summed E-state index contributed by atoms with van der Waals surface area (Å²) >= 11 is 0. The monoisotopic (exact) mass is 328 g/mol. The Kier molecular flexibility index (Phi) is 5.43. The van der Waals surface area contributed by atoms with Gasteiger partial charge in [-0.05, 0) is 48.4 Å². The standard InChI is InChI=1S/C19H21FN2O2/c20-17-3-1-2-15(10-17)13-24-18-6-4-14(5-7-18)11-22-19(23)16-8-9-21-12-16/h1-7,10,16,21H,8-9,11-13H2,(H,22,23). The molecule has 1 unspecified atom stereocenters. The first-order valence-electron chi connectivity index (χ1n) is 8.15. The second kappa shape index (κ2) is 7.93. The molecule has 0 aliphatic carbocycles. The average Bonchev–Trinajstić information content (AvgIpc) is 3.13. The fourth-order valence-electron chi connectivity index (χ4n) is 2.71. The Hall–Kier alpha value is -2.40. The van der Waals surface area contributed by atoms with Gasteiger partial charge in [0.2, 0.25) is 5.91 Å².